The van der Waals surface area contributed by atoms with Crippen LogP contribution in [0.25, 0.3) is 0 Å². The van der Waals surface area contributed by atoms with Gasteiger partial charge in [-0.2, -0.15) is 0 Å². The third kappa shape index (κ3) is 125. The van der Waals surface area contributed by atoms with Crippen LogP contribution in [0, 0.1) is 0 Å². The summed E-state index contributed by atoms with van der Waals surface area (Å²) in [5.41, 5.74) is 0. The summed E-state index contributed by atoms with van der Waals surface area (Å²) in [6.07, 6.45) is 0. The molecule has 45 valence electrons. The number of hydrogen-bond acceptors (Lipinski definition) is 2. The third-order valence-electron chi connectivity index (χ3n) is 0. The molecule has 4 nitrogen and oxygen atoms in total. The first-order valence-corrected chi connectivity index (χ1v) is 2.30. The molecule has 0 aromatic rings. The SMILES string of the molecule is O=PO.O=PO.[H-].[Mn].[Na+]. The van der Waals surface area contributed by atoms with Gasteiger partial charge in [0, 0.05) is 17.1 Å². The van der Waals surface area contributed by atoms with E-state index >= 15 is 0 Å². The van der Waals surface area contributed by atoms with Crippen LogP contribution in [0.3, 0.4) is 0 Å². The quantitative estimate of drug-likeness (QED) is 0.339. The van der Waals surface area contributed by atoms with Crippen LogP contribution in [0.2, 0.25) is 0 Å². The molecule has 0 amide bonds. The molecule has 0 spiro atoms. The standard InChI is InChI=1S/Mn.Na.2HO2P.H/c;;2*1-3-2;/h;;2*(H,1,2);/q;+1;;;-1. The fourth-order valence-corrected chi connectivity index (χ4v) is 0. The zero-order valence-corrected chi connectivity index (χ0v) is 8.95. The molecule has 0 heterocycles. The molecule has 0 aliphatic carbocycles. The molecular formula is H3MnNaO4P2. The summed E-state index contributed by atoms with van der Waals surface area (Å²) in [5.74, 6) is 0. The maximum absolute atomic E-state index is 8.46. The van der Waals surface area contributed by atoms with Crippen molar-refractivity contribution in [1.82, 2.24) is 0 Å². The van der Waals surface area contributed by atoms with E-state index in [9.17, 15) is 0 Å². The summed E-state index contributed by atoms with van der Waals surface area (Å²) < 4.78 is 16.9. The van der Waals surface area contributed by atoms with Crippen LogP contribution in [0.4, 0.5) is 0 Å². The van der Waals surface area contributed by atoms with Gasteiger partial charge in [0.2, 0.25) is 0 Å². The molecule has 0 rings (SSSR count). The van der Waals surface area contributed by atoms with Gasteiger partial charge in [-0.05, 0) is 0 Å². The Bertz CT molecular complexity index is 39.5. The first kappa shape index (κ1) is 22.6. The van der Waals surface area contributed by atoms with Gasteiger partial charge in [-0.1, -0.05) is 0 Å². The van der Waals surface area contributed by atoms with Crippen molar-refractivity contribution in [3.8, 4) is 0 Å². The average molecular weight is 207 g/mol. The van der Waals surface area contributed by atoms with E-state index < -0.39 is 17.4 Å². The Labute approximate surface area is 83.9 Å². The van der Waals surface area contributed by atoms with E-state index in [0.29, 0.717) is 0 Å². The molecular weight excluding hydrogens is 204 g/mol. The van der Waals surface area contributed by atoms with Gasteiger partial charge < -0.3 is 11.2 Å². The normalized spacial score (nSPS) is 5.25. The topological polar surface area (TPSA) is 74.6 Å². The monoisotopic (exact) mass is 207 g/mol. The van der Waals surface area contributed by atoms with E-state index in [2.05, 4.69) is 0 Å². The summed E-state index contributed by atoms with van der Waals surface area (Å²) >= 11 is 0. The minimum absolute atomic E-state index is 0. The van der Waals surface area contributed by atoms with Crippen molar-refractivity contribution >= 4 is 17.4 Å². The number of rotatable bonds is 0. The first-order valence-electron chi connectivity index (χ1n) is 0.765. The van der Waals surface area contributed by atoms with Crippen molar-refractivity contribution < 1.29 is 67.0 Å². The minimum atomic E-state index is -0.833. The van der Waals surface area contributed by atoms with Crippen molar-refractivity contribution in [1.29, 1.82) is 0 Å². The average Bonchev–Trinajstić information content (AvgIpc) is 1.39. The summed E-state index contributed by atoms with van der Waals surface area (Å²) in [6, 6.07) is 0. The predicted octanol–water partition coefficient (Wildman–Crippen LogP) is -2.52. The predicted molar refractivity (Wildman–Crippen MR) is 20.8 cm³/mol. The fraction of sp³-hybridized carbons (Fsp3) is 0. The zero-order chi connectivity index (χ0) is 5.41. The van der Waals surface area contributed by atoms with E-state index in [1.54, 1.807) is 0 Å². The molecule has 0 saturated heterocycles. The van der Waals surface area contributed by atoms with Gasteiger partial charge in [-0.25, -0.2) is 9.13 Å². The minimum Gasteiger partial charge on any atom is -1.00 e. The van der Waals surface area contributed by atoms with E-state index in [0.717, 1.165) is 0 Å². The molecule has 8 heavy (non-hydrogen) atoms. The van der Waals surface area contributed by atoms with Gasteiger partial charge in [-0.3, -0.25) is 0 Å². The van der Waals surface area contributed by atoms with E-state index in [1.807, 2.05) is 0 Å². The Kier molecular flexibility index (Phi) is 108. The Hall–Kier alpha value is 1.64. The Morgan fingerprint density at radius 2 is 1.12 bits per heavy atom. The Balaban J connectivity index is -0.00000000889. The summed E-state index contributed by atoms with van der Waals surface area (Å²) in [7, 11) is -1.67. The van der Waals surface area contributed by atoms with E-state index in [-0.39, 0.29) is 48.1 Å². The number of hydrogen-bond donors (Lipinski definition) is 2. The van der Waals surface area contributed by atoms with Crippen LogP contribution in [-0.2, 0) is 26.2 Å². The van der Waals surface area contributed by atoms with Gasteiger partial charge in [0.15, 0.2) is 0 Å². The van der Waals surface area contributed by atoms with Crippen molar-refractivity contribution in [3.05, 3.63) is 0 Å². The second kappa shape index (κ2) is 38.1. The van der Waals surface area contributed by atoms with Crippen LogP contribution >= 0.6 is 17.4 Å². The van der Waals surface area contributed by atoms with Crippen LogP contribution in [-0.4, -0.2) is 9.79 Å². The molecule has 0 saturated carbocycles. The van der Waals surface area contributed by atoms with Crippen molar-refractivity contribution in [2.24, 2.45) is 0 Å². The Morgan fingerprint density at radius 1 is 1.12 bits per heavy atom. The van der Waals surface area contributed by atoms with Gasteiger partial charge in [0.25, 0.3) is 0 Å². The molecule has 0 fully saturated rings. The molecule has 8 heteroatoms. The van der Waals surface area contributed by atoms with E-state index in [1.165, 1.54) is 0 Å². The molecule has 0 aromatic carbocycles. The summed E-state index contributed by atoms with van der Waals surface area (Å²) in [6.45, 7) is 0. The molecule has 1 radical (unpaired) electrons. The van der Waals surface area contributed by atoms with Crippen molar-refractivity contribution in [2.75, 3.05) is 0 Å². The van der Waals surface area contributed by atoms with Gasteiger partial charge in [-0.15, -0.1) is 0 Å². The molecule has 0 aliphatic heterocycles. The third-order valence-corrected chi connectivity index (χ3v) is 0. The zero-order valence-electron chi connectivity index (χ0n) is 4.98. The van der Waals surface area contributed by atoms with Gasteiger partial charge in [0.1, 0.15) is 0 Å². The second-order valence-corrected chi connectivity index (χ2v) is 0.490. The largest absolute Gasteiger partial charge is 1.00 e. The smallest absolute Gasteiger partial charge is 1.00 e. The van der Waals surface area contributed by atoms with Crippen molar-refractivity contribution in [2.45, 2.75) is 0 Å². The van der Waals surface area contributed by atoms with Crippen LogP contribution < -0.4 is 29.6 Å². The molecule has 0 aliphatic rings. The van der Waals surface area contributed by atoms with E-state index in [4.69, 9.17) is 18.9 Å². The van der Waals surface area contributed by atoms with Crippen LogP contribution in [0.1, 0.15) is 1.43 Å². The Morgan fingerprint density at radius 3 is 1.12 bits per heavy atom. The second-order valence-electron chi connectivity index (χ2n) is 0.163. The molecule has 0 aromatic heterocycles. The first-order chi connectivity index (χ1) is 2.83. The summed E-state index contributed by atoms with van der Waals surface area (Å²) in [5, 5.41) is 0. The van der Waals surface area contributed by atoms with Crippen LogP contribution in [0.15, 0.2) is 0 Å². The molecule has 0 unspecified atom stereocenters. The van der Waals surface area contributed by atoms with Crippen molar-refractivity contribution in [3.63, 3.8) is 0 Å². The maximum Gasteiger partial charge on any atom is 1.00 e. The van der Waals surface area contributed by atoms with Gasteiger partial charge >= 0.3 is 46.9 Å². The fourth-order valence-electron chi connectivity index (χ4n) is 0. The van der Waals surface area contributed by atoms with Gasteiger partial charge in [0.05, 0.1) is 0 Å². The molecule has 0 bridgehead atoms. The maximum atomic E-state index is 8.46. The summed E-state index contributed by atoms with van der Waals surface area (Å²) in [4.78, 5) is 14.0. The molecule has 0 atom stereocenters. The molecule has 2 N–H and O–H groups in total. The van der Waals surface area contributed by atoms with Crippen LogP contribution in [0.5, 0.6) is 0 Å².